The lowest BCUT2D eigenvalue weighted by atomic mass is 9.96. The molecular weight excluding hydrogens is 302 g/mol. The van der Waals surface area contributed by atoms with Gasteiger partial charge < -0.3 is 0 Å². The Labute approximate surface area is 148 Å². The van der Waals surface area contributed by atoms with Crippen molar-refractivity contribution < 1.29 is 0 Å². The average molecular weight is 321 g/mol. The van der Waals surface area contributed by atoms with E-state index in [1.54, 1.807) is 0 Å². The molecule has 0 radical (unpaired) electrons. The van der Waals surface area contributed by atoms with Crippen LogP contribution in [-0.2, 0) is 12.8 Å². The van der Waals surface area contributed by atoms with E-state index in [1.165, 1.54) is 33.0 Å². The highest BCUT2D eigenvalue weighted by Crippen LogP contribution is 2.38. The zero-order valence-electron chi connectivity index (χ0n) is 14.0. The number of rotatable bonds is 2. The molecule has 1 aliphatic carbocycles. The second kappa shape index (κ2) is 5.86. The summed E-state index contributed by atoms with van der Waals surface area (Å²) in [4.78, 5) is 4.68. The summed E-state index contributed by atoms with van der Waals surface area (Å²) in [6.07, 6.45) is 4.19. The molecule has 4 aromatic rings. The number of pyridine rings is 1. The Hall–Kier alpha value is -2.93. The first-order valence-electron chi connectivity index (χ1n) is 8.89. The molecule has 1 aromatic heterocycles. The smallest absolute Gasteiger partial charge is 0.0780 e. The van der Waals surface area contributed by atoms with Gasteiger partial charge in [-0.3, -0.25) is 4.98 Å². The Morgan fingerprint density at radius 3 is 2.16 bits per heavy atom. The molecule has 0 amide bonds. The Morgan fingerprint density at radius 2 is 1.40 bits per heavy atom. The Kier molecular flexibility index (Phi) is 3.38. The van der Waals surface area contributed by atoms with Gasteiger partial charge in [0.25, 0.3) is 0 Å². The Bertz CT molecular complexity index is 1040. The van der Waals surface area contributed by atoms with E-state index < -0.39 is 0 Å². The van der Waals surface area contributed by atoms with Crippen LogP contribution in [0.3, 0.4) is 0 Å². The van der Waals surface area contributed by atoms with Gasteiger partial charge in [-0.05, 0) is 53.0 Å². The maximum absolute atomic E-state index is 4.68. The quantitative estimate of drug-likeness (QED) is 0.456. The van der Waals surface area contributed by atoms with Gasteiger partial charge in [-0.2, -0.15) is 0 Å². The van der Waals surface area contributed by atoms with E-state index in [9.17, 15) is 0 Å². The largest absolute Gasteiger partial charge is 0.256 e. The summed E-state index contributed by atoms with van der Waals surface area (Å²) in [5.74, 6) is 0.598. The lowest BCUT2D eigenvalue weighted by molar-refractivity contribution is 0.742. The van der Waals surface area contributed by atoms with E-state index in [2.05, 4.69) is 83.8 Å². The van der Waals surface area contributed by atoms with Gasteiger partial charge in [0.2, 0.25) is 0 Å². The first kappa shape index (κ1) is 14.4. The molecule has 0 bridgehead atoms. The average Bonchev–Trinajstić information content (AvgIpc) is 3.10. The minimum Gasteiger partial charge on any atom is -0.256 e. The van der Waals surface area contributed by atoms with Crippen LogP contribution in [-0.4, -0.2) is 4.98 Å². The zero-order valence-corrected chi connectivity index (χ0v) is 14.0. The molecule has 1 aliphatic rings. The van der Waals surface area contributed by atoms with Gasteiger partial charge in [0, 0.05) is 17.1 Å². The van der Waals surface area contributed by atoms with Gasteiger partial charge in [0.1, 0.15) is 0 Å². The Morgan fingerprint density at radius 1 is 0.720 bits per heavy atom. The fourth-order valence-corrected chi connectivity index (χ4v) is 4.08. The van der Waals surface area contributed by atoms with Crippen molar-refractivity contribution in [2.24, 2.45) is 0 Å². The molecule has 1 heterocycles. The van der Waals surface area contributed by atoms with Gasteiger partial charge in [-0.1, -0.05) is 66.7 Å². The monoisotopic (exact) mass is 321 g/mol. The second-order valence-electron chi connectivity index (χ2n) is 6.88. The van der Waals surface area contributed by atoms with Gasteiger partial charge in [-0.15, -0.1) is 0 Å². The molecular formula is C24H19N. The molecule has 0 fully saturated rings. The summed E-state index contributed by atoms with van der Waals surface area (Å²) < 4.78 is 0. The van der Waals surface area contributed by atoms with Crippen molar-refractivity contribution in [3.8, 4) is 11.3 Å². The van der Waals surface area contributed by atoms with Crippen molar-refractivity contribution in [3.05, 3.63) is 102 Å². The minimum atomic E-state index is 0.598. The molecule has 120 valence electrons. The van der Waals surface area contributed by atoms with Crippen LogP contribution in [0.5, 0.6) is 0 Å². The van der Waals surface area contributed by atoms with Crippen molar-refractivity contribution >= 4 is 10.8 Å². The van der Waals surface area contributed by atoms with Crippen LogP contribution >= 0.6 is 0 Å². The lowest BCUT2D eigenvalue weighted by Gasteiger charge is -2.08. The fourth-order valence-electron chi connectivity index (χ4n) is 4.08. The second-order valence-corrected chi connectivity index (χ2v) is 6.88. The van der Waals surface area contributed by atoms with Crippen LogP contribution in [0.15, 0.2) is 85.1 Å². The third kappa shape index (κ3) is 2.53. The summed E-state index contributed by atoms with van der Waals surface area (Å²) in [6, 6.07) is 28.3. The lowest BCUT2D eigenvalue weighted by Crippen LogP contribution is -1.96. The molecule has 0 N–H and O–H groups in total. The third-order valence-corrected chi connectivity index (χ3v) is 5.34. The highest BCUT2D eigenvalue weighted by Gasteiger charge is 2.23. The molecule has 1 nitrogen and oxygen atoms in total. The molecule has 1 heteroatoms. The highest BCUT2D eigenvalue weighted by molar-refractivity contribution is 5.95. The molecule has 0 aliphatic heterocycles. The van der Waals surface area contributed by atoms with Crippen LogP contribution in [0.4, 0.5) is 0 Å². The number of hydrogen-bond acceptors (Lipinski definition) is 1. The van der Waals surface area contributed by atoms with E-state index in [0.717, 1.165) is 18.5 Å². The standard InChI is InChI=1S/C24H19N/c1-3-7-17(8-4-1)20-14-21-13-19-11-12-25-24(18-9-5-2-6-10-18)23(19)16-22(21)15-20/h1-13,16,20H,14-15H2. The number of hydrogen-bond donors (Lipinski definition) is 0. The van der Waals surface area contributed by atoms with Crippen molar-refractivity contribution in [3.63, 3.8) is 0 Å². The molecule has 1 atom stereocenters. The summed E-state index contributed by atoms with van der Waals surface area (Å²) >= 11 is 0. The van der Waals surface area contributed by atoms with Gasteiger partial charge in [0.15, 0.2) is 0 Å². The predicted molar refractivity (Wildman–Crippen MR) is 104 cm³/mol. The molecule has 1 unspecified atom stereocenters. The predicted octanol–water partition coefficient (Wildman–Crippen LogP) is 5.78. The maximum Gasteiger partial charge on any atom is 0.0780 e. The fraction of sp³-hybridized carbons (Fsp3) is 0.125. The van der Waals surface area contributed by atoms with E-state index in [-0.39, 0.29) is 0 Å². The first-order valence-corrected chi connectivity index (χ1v) is 8.89. The number of nitrogens with zero attached hydrogens (tertiary/aromatic N) is 1. The van der Waals surface area contributed by atoms with Crippen molar-refractivity contribution in [1.29, 1.82) is 0 Å². The van der Waals surface area contributed by atoms with Crippen molar-refractivity contribution in [2.45, 2.75) is 18.8 Å². The molecule has 3 aromatic carbocycles. The normalized spacial score (nSPS) is 16.1. The molecule has 0 spiro atoms. The zero-order chi connectivity index (χ0) is 16.6. The highest BCUT2D eigenvalue weighted by atomic mass is 14.7. The summed E-state index contributed by atoms with van der Waals surface area (Å²) in [6.45, 7) is 0. The van der Waals surface area contributed by atoms with Gasteiger partial charge in [0.05, 0.1) is 5.69 Å². The maximum atomic E-state index is 4.68. The van der Waals surface area contributed by atoms with Crippen LogP contribution < -0.4 is 0 Å². The van der Waals surface area contributed by atoms with Gasteiger partial charge >= 0.3 is 0 Å². The molecule has 0 saturated heterocycles. The van der Waals surface area contributed by atoms with Crippen LogP contribution in [0.1, 0.15) is 22.6 Å². The van der Waals surface area contributed by atoms with E-state index in [0.29, 0.717) is 5.92 Å². The molecule has 0 saturated carbocycles. The van der Waals surface area contributed by atoms with E-state index in [4.69, 9.17) is 0 Å². The summed E-state index contributed by atoms with van der Waals surface area (Å²) in [5, 5.41) is 2.56. The molecule has 25 heavy (non-hydrogen) atoms. The summed E-state index contributed by atoms with van der Waals surface area (Å²) in [7, 11) is 0. The Balaban J connectivity index is 1.61. The minimum absolute atomic E-state index is 0.598. The van der Waals surface area contributed by atoms with Crippen LogP contribution in [0.2, 0.25) is 0 Å². The van der Waals surface area contributed by atoms with E-state index >= 15 is 0 Å². The van der Waals surface area contributed by atoms with Crippen molar-refractivity contribution in [1.82, 2.24) is 4.98 Å². The summed E-state index contributed by atoms with van der Waals surface area (Å²) in [5.41, 5.74) is 6.69. The van der Waals surface area contributed by atoms with Crippen LogP contribution in [0.25, 0.3) is 22.0 Å². The number of benzene rings is 3. The van der Waals surface area contributed by atoms with Gasteiger partial charge in [-0.25, -0.2) is 0 Å². The topological polar surface area (TPSA) is 12.9 Å². The van der Waals surface area contributed by atoms with E-state index in [1.807, 2.05) is 6.20 Å². The van der Waals surface area contributed by atoms with Crippen LogP contribution in [0, 0.1) is 0 Å². The SMILES string of the molecule is c1ccc(-c2nccc3cc4c(cc23)CC(c2ccccc2)C4)cc1. The number of aromatic nitrogens is 1. The third-order valence-electron chi connectivity index (χ3n) is 5.34. The first-order chi connectivity index (χ1) is 12.4. The number of fused-ring (bicyclic) bond motifs is 2. The molecule has 5 rings (SSSR count). The van der Waals surface area contributed by atoms with Crippen molar-refractivity contribution in [2.75, 3.05) is 0 Å².